The molecule has 0 saturated carbocycles. The summed E-state index contributed by atoms with van der Waals surface area (Å²) in [6, 6.07) is 0. The van der Waals surface area contributed by atoms with Crippen LogP contribution in [0.25, 0.3) is 0 Å². The summed E-state index contributed by atoms with van der Waals surface area (Å²) in [4.78, 5) is 0. The van der Waals surface area contributed by atoms with Crippen molar-refractivity contribution in [3.63, 3.8) is 0 Å². The number of thiol groups is 1. The Kier molecular flexibility index (Phi) is 24.7. The summed E-state index contributed by atoms with van der Waals surface area (Å²) < 4.78 is 14.3. The molecule has 0 rings (SSSR count). The van der Waals surface area contributed by atoms with Gasteiger partial charge >= 0.3 is 72.3 Å². The Morgan fingerprint density at radius 2 is 0.556 bits per heavy atom. The summed E-state index contributed by atoms with van der Waals surface area (Å²) >= 11 is -1.31. The Balaban J connectivity index is -0.0000000720. The largest absolute Gasteiger partial charge is 0.813 e. The van der Waals surface area contributed by atoms with E-state index in [1.54, 1.807) is 0 Å². The molecule has 2 radical (unpaired) electrons. The average molecular weight is 538 g/mol. The van der Waals surface area contributed by atoms with Gasteiger partial charge in [-0.15, -0.1) is 0 Å². The van der Waals surface area contributed by atoms with Gasteiger partial charge in [0.2, 0.25) is 0 Å². The van der Waals surface area contributed by atoms with E-state index in [0.29, 0.717) is 0 Å². The predicted molar refractivity (Wildman–Crippen MR) is 55.5 cm³/mol. The van der Waals surface area contributed by atoms with Crippen LogP contribution in [0, 0.1) is 0 Å². The van der Waals surface area contributed by atoms with E-state index in [4.69, 9.17) is 0 Å². The minimum absolute atomic E-state index is 0. The Morgan fingerprint density at radius 3 is 0.556 bits per heavy atom. The molecule has 9 heavy (non-hydrogen) atoms. The van der Waals surface area contributed by atoms with Crippen molar-refractivity contribution in [3.8, 4) is 0 Å². The van der Waals surface area contributed by atoms with Crippen LogP contribution in [0.1, 0.15) is 0 Å². The molecule has 3 heteroatoms. The van der Waals surface area contributed by atoms with Crippen molar-refractivity contribution in [1.29, 1.82) is 0 Å². The summed E-state index contributed by atoms with van der Waals surface area (Å²) in [6.45, 7) is 0. The van der Waals surface area contributed by atoms with E-state index in [9.17, 15) is 0 Å². The van der Waals surface area contributed by atoms with Crippen molar-refractivity contribution in [1.82, 2.24) is 0 Å². The topological polar surface area (TPSA) is 0 Å². The van der Waals surface area contributed by atoms with Crippen molar-refractivity contribution in [2.75, 3.05) is 0 Å². The number of hydrogen-bond donors (Lipinski definition) is 0. The van der Waals surface area contributed by atoms with Gasteiger partial charge in [-0.1, -0.05) is 0 Å². The average Bonchev–Trinajstić information content (AvgIpc) is 1.25. The quantitative estimate of drug-likeness (QED) is 0.260. The zero-order valence-corrected chi connectivity index (χ0v) is 16.1. The molecule has 0 amide bonds. The van der Waals surface area contributed by atoms with Gasteiger partial charge in [0.15, 0.2) is 0 Å². The van der Waals surface area contributed by atoms with Crippen LogP contribution in [0.4, 0.5) is 0 Å². The molecule has 0 heterocycles. The van der Waals surface area contributed by atoms with Crippen LogP contribution in [-0.4, -0.2) is 45.4 Å². The second-order valence-electron chi connectivity index (χ2n) is 3.00. The van der Waals surface area contributed by atoms with Crippen molar-refractivity contribution >= 4 is 58.9 Å². The molecular weight excluding hydrogens is 519 g/mol. The van der Waals surface area contributed by atoms with Crippen LogP contribution >= 0.6 is 0 Å². The third-order valence-electron chi connectivity index (χ3n) is 0. The Labute approximate surface area is 84.5 Å². The summed E-state index contributed by atoms with van der Waals surface area (Å²) in [6.07, 6.45) is 0. The second-order valence-corrected chi connectivity index (χ2v) is 26.3. The maximum atomic E-state index is 2.38. The molecule has 0 aromatic carbocycles. The summed E-state index contributed by atoms with van der Waals surface area (Å²) in [5.74, 6) is 0. The van der Waals surface area contributed by atoms with Crippen LogP contribution in [0.15, 0.2) is 0 Å². The molecule has 0 aliphatic carbocycles. The molecule has 0 nitrogen and oxygen atoms in total. The third-order valence-corrected chi connectivity index (χ3v) is 0. The molecule has 0 saturated heterocycles. The maximum absolute atomic E-state index is 2.38. The van der Waals surface area contributed by atoms with Crippen LogP contribution in [0.2, 0.25) is 26.9 Å². The van der Waals surface area contributed by atoms with E-state index in [1.165, 1.54) is 0 Å². The van der Waals surface area contributed by atoms with Gasteiger partial charge in [-0.05, 0) is 0 Å². The Bertz CT molecular complexity index is 26.5. The summed E-state index contributed by atoms with van der Waals surface area (Å²) in [5, 5.41) is 0. The van der Waals surface area contributed by atoms with Gasteiger partial charge in [0, 0.05) is 0 Å². The molecule has 0 N–H and O–H groups in total. The molecule has 0 spiro atoms. The second kappa shape index (κ2) is 12.8. The number of hydrogen-bond acceptors (Lipinski definition) is 1. The van der Waals surface area contributed by atoms with Gasteiger partial charge < -0.3 is 13.5 Å². The van der Waals surface area contributed by atoms with Gasteiger partial charge in [0.05, 0.1) is 0 Å². The number of rotatable bonds is 0. The van der Waals surface area contributed by atoms with Crippen LogP contribution in [-0.2, 0) is 13.5 Å². The van der Waals surface area contributed by atoms with E-state index < -0.39 is 45.4 Å². The Hall–Kier alpha value is 2.19. The third kappa shape index (κ3) is 142. The first-order valence-electron chi connectivity index (χ1n) is 3.00. The first-order valence-corrected chi connectivity index (χ1v) is 26.3. The van der Waals surface area contributed by atoms with E-state index in [0.717, 1.165) is 0 Å². The van der Waals surface area contributed by atoms with E-state index in [2.05, 4.69) is 26.9 Å². The predicted octanol–water partition coefficient (Wildman–Crippen LogP) is 2.47. The molecule has 0 aliphatic heterocycles. The summed E-state index contributed by atoms with van der Waals surface area (Å²) in [7, 11) is 0. The van der Waals surface area contributed by atoms with Crippen molar-refractivity contribution < 1.29 is 0 Å². The minimum Gasteiger partial charge on any atom is -0.813 e. The van der Waals surface area contributed by atoms with Crippen LogP contribution < -0.4 is 0 Å². The molecule has 0 aromatic rings. The van der Waals surface area contributed by atoms with Crippen molar-refractivity contribution in [3.05, 3.63) is 0 Å². The van der Waals surface area contributed by atoms with Gasteiger partial charge in [0.25, 0.3) is 0 Å². The van der Waals surface area contributed by atoms with E-state index in [-0.39, 0.29) is 13.5 Å². The minimum atomic E-state index is -0.657. The SMILES string of the molecule is [CH3][Pb]([CH3])[CH3].[CH3][Pb]([CH3])[CH3].[SH-]. The first kappa shape index (κ1) is 17.3. The standard InChI is InChI=1S/6CH3.2Pb.H2S/h6*1H3;;;1H2/p-1. The molecule has 58 valence electrons. The fraction of sp³-hybridized carbons (Fsp3) is 1.00. The zero-order valence-electron chi connectivity index (χ0n) is 7.45. The molecule has 0 aromatic heterocycles. The molecule has 0 fully saturated rings. The van der Waals surface area contributed by atoms with Crippen molar-refractivity contribution in [2.24, 2.45) is 0 Å². The zero-order chi connectivity index (χ0) is 7.15. The Morgan fingerprint density at radius 1 is 0.556 bits per heavy atom. The fourth-order valence-corrected chi connectivity index (χ4v) is 0. The van der Waals surface area contributed by atoms with Gasteiger partial charge in [-0.2, -0.15) is 0 Å². The molecule has 0 aliphatic rings. The van der Waals surface area contributed by atoms with Crippen molar-refractivity contribution in [2.45, 2.75) is 26.9 Å². The normalized spacial score (nSPS) is 8.00. The monoisotopic (exact) mass is 539 g/mol. The fourth-order valence-electron chi connectivity index (χ4n) is 0. The summed E-state index contributed by atoms with van der Waals surface area (Å²) in [5.41, 5.74) is 0. The van der Waals surface area contributed by atoms with Gasteiger partial charge in [-0.25, -0.2) is 0 Å². The van der Waals surface area contributed by atoms with Crippen LogP contribution in [0.3, 0.4) is 0 Å². The maximum Gasteiger partial charge on any atom is -0.813 e. The molecular formula is C6H19Pb2S-. The van der Waals surface area contributed by atoms with E-state index in [1.807, 2.05) is 0 Å². The molecule has 0 unspecified atom stereocenters. The first-order chi connectivity index (χ1) is 3.46. The molecule has 0 bridgehead atoms. The van der Waals surface area contributed by atoms with Crippen LogP contribution in [0.5, 0.6) is 0 Å². The van der Waals surface area contributed by atoms with Gasteiger partial charge in [-0.3, -0.25) is 0 Å². The molecule has 0 atom stereocenters. The van der Waals surface area contributed by atoms with E-state index >= 15 is 0 Å². The van der Waals surface area contributed by atoms with Gasteiger partial charge in [0.1, 0.15) is 0 Å². The smallest absolute Gasteiger partial charge is 0.813 e.